The summed E-state index contributed by atoms with van der Waals surface area (Å²) in [6.45, 7) is 3.62. The lowest BCUT2D eigenvalue weighted by Crippen LogP contribution is -2.34. The van der Waals surface area contributed by atoms with Crippen LogP contribution in [0.5, 0.6) is 0 Å². The standard InChI is InChI=1S/C13H18BrIN2O/c14-12-4-3-10(15)7-13(12)16-8-11(18)9-17-5-1-2-6-17/h3-4,7,11,16,18H,1-2,5-6,8-9H2. The van der Waals surface area contributed by atoms with Crippen LogP contribution in [-0.2, 0) is 0 Å². The van der Waals surface area contributed by atoms with Crippen molar-refractivity contribution in [2.45, 2.75) is 18.9 Å². The van der Waals surface area contributed by atoms with Crippen molar-refractivity contribution in [3.05, 3.63) is 26.2 Å². The molecule has 0 radical (unpaired) electrons. The van der Waals surface area contributed by atoms with Gasteiger partial charge in [-0.05, 0) is 82.7 Å². The Balaban J connectivity index is 1.81. The lowest BCUT2D eigenvalue weighted by Gasteiger charge is -2.20. The number of rotatable bonds is 5. The van der Waals surface area contributed by atoms with Gasteiger partial charge in [-0.15, -0.1) is 0 Å². The zero-order chi connectivity index (χ0) is 13.0. The van der Waals surface area contributed by atoms with Crippen molar-refractivity contribution in [1.29, 1.82) is 0 Å². The molecule has 1 aromatic rings. The van der Waals surface area contributed by atoms with Gasteiger partial charge in [0.1, 0.15) is 0 Å². The number of anilines is 1. The average Bonchev–Trinajstić information content (AvgIpc) is 2.83. The number of halogens is 2. The number of nitrogens with one attached hydrogen (secondary N) is 1. The number of benzene rings is 1. The highest BCUT2D eigenvalue weighted by Gasteiger charge is 2.15. The minimum atomic E-state index is -0.312. The van der Waals surface area contributed by atoms with Gasteiger partial charge in [-0.2, -0.15) is 0 Å². The molecular weight excluding hydrogens is 407 g/mol. The van der Waals surface area contributed by atoms with E-state index < -0.39 is 0 Å². The van der Waals surface area contributed by atoms with Gasteiger partial charge < -0.3 is 15.3 Å². The summed E-state index contributed by atoms with van der Waals surface area (Å²) in [6, 6.07) is 6.15. The van der Waals surface area contributed by atoms with Gasteiger partial charge in [0.05, 0.1) is 6.10 Å². The first-order chi connectivity index (χ1) is 8.65. The van der Waals surface area contributed by atoms with Crippen molar-refractivity contribution < 1.29 is 5.11 Å². The van der Waals surface area contributed by atoms with E-state index in [0.29, 0.717) is 6.54 Å². The normalized spacial score (nSPS) is 17.9. The molecule has 0 aromatic heterocycles. The number of likely N-dealkylation sites (tertiary alicyclic amines) is 1. The number of aliphatic hydroxyl groups excluding tert-OH is 1. The topological polar surface area (TPSA) is 35.5 Å². The summed E-state index contributed by atoms with van der Waals surface area (Å²) >= 11 is 5.80. The van der Waals surface area contributed by atoms with Crippen LogP contribution in [0.15, 0.2) is 22.7 Å². The van der Waals surface area contributed by atoms with Gasteiger partial charge in [0.15, 0.2) is 0 Å². The monoisotopic (exact) mass is 424 g/mol. The molecule has 1 fully saturated rings. The molecule has 2 N–H and O–H groups in total. The number of hydrogen-bond acceptors (Lipinski definition) is 3. The second kappa shape index (κ2) is 7.07. The lowest BCUT2D eigenvalue weighted by molar-refractivity contribution is 0.135. The Morgan fingerprint density at radius 3 is 2.83 bits per heavy atom. The van der Waals surface area contributed by atoms with E-state index in [0.717, 1.165) is 29.8 Å². The fraction of sp³-hybridized carbons (Fsp3) is 0.538. The van der Waals surface area contributed by atoms with E-state index in [2.05, 4.69) is 60.9 Å². The molecule has 1 heterocycles. The number of aliphatic hydroxyl groups is 1. The van der Waals surface area contributed by atoms with E-state index in [9.17, 15) is 5.11 Å². The largest absolute Gasteiger partial charge is 0.390 e. The van der Waals surface area contributed by atoms with Gasteiger partial charge in [-0.1, -0.05) is 0 Å². The number of nitrogens with zero attached hydrogens (tertiary/aromatic N) is 1. The Kier molecular flexibility index (Phi) is 5.72. The molecular formula is C13H18BrIN2O. The quantitative estimate of drug-likeness (QED) is 0.713. The number of hydrogen-bond donors (Lipinski definition) is 2. The molecule has 0 aliphatic carbocycles. The van der Waals surface area contributed by atoms with Crippen LogP contribution in [0.4, 0.5) is 5.69 Å². The third kappa shape index (κ3) is 4.36. The van der Waals surface area contributed by atoms with Crippen molar-refractivity contribution in [3.8, 4) is 0 Å². The second-order valence-corrected chi connectivity index (χ2v) is 6.77. The maximum absolute atomic E-state index is 10.0. The summed E-state index contributed by atoms with van der Waals surface area (Å²) in [4.78, 5) is 2.33. The minimum Gasteiger partial charge on any atom is -0.390 e. The minimum absolute atomic E-state index is 0.312. The van der Waals surface area contributed by atoms with Gasteiger partial charge in [0.2, 0.25) is 0 Å². The molecule has 100 valence electrons. The van der Waals surface area contributed by atoms with Gasteiger partial charge in [-0.25, -0.2) is 0 Å². The van der Waals surface area contributed by atoms with Crippen LogP contribution in [-0.4, -0.2) is 42.3 Å². The van der Waals surface area contributed by atoms with Gasteiger partial charge >= 0.3 is 0 Å². The van der Waals surface area contributed by atoms with Crippen molar-refractivity contribution >= 4 is 44.2 Å². The van der Waals surface area contributed by atoms with E-state index in [1.165, 1.54) is 16.4 Å². The predicted molar refractivity (Wildman–Crippen MR) is 87.0 cm³/mol. The third-order valence-corrected chi connectivity index (χ3v) is 4.49. The Morgan fingerprint density at radius 2 is 2.11 bits per heavy atom. The molecule has 0 spiro atoms. The summed E-state index contributed by atoms with van der Waals surface area (Å²) in [7, 11) is 0. The van der Waals surface area contributed by atoms with Crippen LogP contribution >= 0.6 is 38.5 Å². The van der Waals surface area contributed by atoms with Crippen LogP contribution in [0.2, 0.25) is 0 Å². The Labute approximate surface area is 130 Å². The molecule has 0 bridgehead atoms. The molecule has 1 atom stereocenters. The lowest BCUT2D eigenvalue weighted by atomic mass is 10.3. The van der Waals surface area contributed by atoms with Crippen LogP contribution < -0.4 is 5.32 Å². The Bertz CT molecular complexity index is 397. The molecule has 5 heteroatoms. The first kappa shape index (κ1) is 14.6. The third-order valence-electron chi connectivity index (χ3n) is 3.12. The number of β-amino-alcohol motifs (C(OH)–C–C–N with tert-alkyl or cyclic N) is 1. The molecule has 0 amide bonds. The van der Waals surface area contributed by atoms with Crippen LogP contribution in [0.25, 0.3) is 0 Å². The smallest absolute Gasteiger partial charge is 0.0839 e. The van der Waals surface area contributed by atoms with E-state index >= 15 is 0 Å². The first-order valence-electron chi connectivity index (χ1n) is 6.24. The fourth-order valence-corrected chi connectivity index (χ4v) is 3.07. The fourth-order valence-electron chi connectivity index (χ4n) is 2.19. The zero-order valence-electron chi connectivity index (χ0n) is 10.2. The molecule has 1 unspecified atom stereocenters. The second-order valence-electron chi connectivity index (χ2n) is 4.67. The highest BCUT2D eigenvalue weighted by molar-refractivity contribution is 14.1. The van der Waals surface area contributed by atoms with Gasteiger partial charge in [0, 0.05) is 26.8 Å². The molecule has 18 heavy (non-hydrogen) atoms. The summed E-state index contributed by atoms with van der Waals surface area (Å²) in [5.41, 5.74) is 1.04. The van der Waals surface area contributed by atoms with Crippen molar-refractivity contribution in [3.63, 3.8) is 0 Å². The summed E-state index contributed by atoms with van der Waals surface area (Å²) < 4.78 is 2.23. The first-order valence-corrected chi connectivity index (χ1v) is 8.11. The SMILES string of the molecule is OC(CNc1cc(I)ccc1Br)CN1CCCC1. The zero-order valence-corrected chi connectivity index (χ0v) is 13.9. The van der Waals surface area contributed by atoms with Crippen molar-refractivity contribution in [2.24, 2.45) is 0 Å². The van der Waals surface area contributed by atoms with E-state index in [-0.39, 0.29) is 6.10 Å². The van der Waals surface area contributed by atoms with Gasteiger partial charge in [-0.3, -0.25) is 0 Å². The molecule has 0 saturated carbocycles. The molecule has 1 aliphatic heterocycles. The molecule has 2 rings (SSSR count). The van der Waals surface area contributed by atoms with E-state index in [1.807, 2.05) is 6.07 Å². The van der Waals surface area contributed by atoms with Crippen molar-refractivity contribution in [1.82, 2.24) is 4.90 Å². The molecule has 1 saturated heterocycles. The maximum Gasteiger partial charge on any atom is 0.0839 e. The maximum atomic E-state index is 10.0. The van der Waals surface area contributed by atoms with Crippen molar-refractivity contribution in [2.75, 3.05) is 31.5 Å². The summed E-state index contributed by atoms with van der Waals surface area (Å²) in [5, 5.41) is 13.3. The molecule has 3 nitrogen and oxygen atoms in total. The predicted octanol–water partition coefficient (Wildman–Crippen LogP) is 2.92. The summed E-state index contributed by atoms with van der Waals surface area (Å²) in [5.74, 6) is 0. The molecule has 1 aromatic carbocycles. The summed E-state index contributed by atoms with van der Waals surface area (Å²) in [6.07, 6.45) is 2.22. The Hall–Kier alpha value is 0.150. The van der Waals surface area contributed by atoms with E-state index in [1.54, 1.807) is 0 Å². The van der Waals surface area contributed by atoms with Gasteiger partial charge in [0.25, 0.3) is 0 Å². The van der Waals surface area contributed by atoms with E-state index in [4.69, 9.17) is 0 Å². The Morgan fingerprint density at radius 1 is 1.39 bits per heavy atom. The van der Waals surface area contributed by atoms with Crippen LogP contribution in [0.3, 0.4) is 0 Å². The average molecular weight is 425 g/mol. The highest BCUT2D eigenvalue weighted by Crippen LogP contribution is 2.24. The highest BCUT2D eigenvalue weighted by atomic mass is 127. The molecule has 1 aliphatic rings. The van der Waals surface area contributed by atoms with Crippen LogP contribution in [0, 0.1) is 3.57 Å². The van der Waals surface area contributed by atoms with Crippen LogP contribution in [0.1, 0.15) is 12.8 Å².